The highest BCUT2D eigenvalue weighted by molar-refractivity contribution is 5.31. The molecule has 1 saturated carbocycles. The first-order valence-electron chi connectivity index (χ1n) is 4.67. The van der Waals surface area contributed by atoms with Gasteiger partial charge in [-0.3, -0.25) is 0 Å². The van der Waals surface area contributed by atoms with Gasteiger partial charge < -0.3 is 10.2 Å². The number of rotatable bonds is 3. The molecule has 2 N–H and O–H groups in total. The fourth-order valence-electron chi connectivity index (χ4n) is 1.55. The zero-order valence-electron chi connectivity index (χ0n) is 7.53. The summed E-state index contributed by atoms with van der Waals surface area (Å²) < 4.78 is 0. The monoisotopic (exact) mass is 178 g/mol. The number of benzene rings is 1. The van der Waals surface area contributed by atoms with E-state index in [4.69, 9.17) is 5.11 Å². The SMILES string of the molecule is OCCc1cccc(C2(O)CC2)c1. The Kier molecular flexibility index (Phi) is 2.10. The van der Waals surface area contributed by atoms with Crippen molar-refractivity contribution in [3.63, 3.8) is 0 Å². The van der Waals surface area contributed by atoms with E-state index in [0.717, 1.165) is 24.0 Å². The molecule has 1 aliphatic rings. The van der Waals surface area contributed by atoms with Crippen LogP contribution >= 0.6 is 0 Å². The van der Waals surface area contributed by atoms with Crippen LogP contribution in [-0.2, 0) is 12.0 Å². The van der Waals surface area contributed by atoms with Crippen LogP contribution in [0.15, 0.2) is 24.3 Å². The van der Waals surface area contributed by atoms with Crippen molar-refractivity contribution >= 4 is 0 Å². The van der Waals surface area contributed by atoms with Gasteiger partial charge in [0.1, 0.15) is 0 Å². The lowest BCUT2D eigenvalue weighted by Crippen LogP contribution is -2.04. The van der Waals surface area contributed by atoms with Gasteiger partial charge in [0.05, 0.1) is 5.60 Å². The third kappa shape index (κ3) is 1.74. The third-order valence-electron chi connectivity index (χ3n) is 2.59. The van der Waals surface area contributed by atoms with Gasteiger partial charge in [0.25, 0.3) is 0 Å². The first-order chi connectivity index (χ1) is 6.24. The van der Waals surface area contributed by atoms with Crippen LogP contribution < -0.4 is 0 Å². The van der Waals surface area contributed by atoms with Crippen molar-refractivity contribution in [2.45, 2.75) is 24.9 Å². The molecule has 0 unspecified atom stereocenters. The largest absolute Gasteiger partial charge is 0.396 e. The minimum atomic E-state index is -0.550. The molecule has 1 aliphatic carbocycles. The molecule has 1 aromatic rings. The van der Waals surface area contributed by atoms with Crippen molar-refractivity contribution in [1.29, 1.82) is 0 Å². The molecule has 0 spiro atoms. The molecule has 0 aliphatic heterocycles. The van der Waals surface area contributed by atoms with Gasteiger partial charge in [0, 0.05) is 6.61 Å². The van der Waals surface area contributed by atoms with E-state index in [-0.39, 0.29) is 6.61 Å². The average molecular weight is 178 g/mol. The van der Waals surface area contributed by atoms with E-state index in [2.05, 4.69) is 0 Å². The second kappa shape index (κ2) is 3.13. The van der Waals surface area contributed by atoms with Crippen molar-refractivity contribution in [1.82, 2.24) is 0 Å². The highest BCUT2D eigenvalue weighted by atomic mass is 16.3. The molecule has 0 radical (unpaired) electrons. The zero-order valence-corrected chi connectivity index (χ0v) is 7.53. The van der Waals surface area contributed by atoms with Crippen LogP contribution in [-0.4, -0.2) is 16.8 Å². The Bertz CT molecular complexity index is 303. The highest BCUT2D eigenvalue weighted by Gasteiger charge is 2.41. The molecule has 0 amide bonds. The van der Waals surface area contributed by atoms with Gasteiger partial charge in [0.2, 0.25) is 0 Å². The van der Waals surface area contributed by atoms with E-state index in [1.807, 2.05) is 24.3 Å². The van der Waals surface area contributed by atoms with Crippen LogP contribution in [0, 0.1) is 0 Å². The van der Waals surface area contributed by atoms with Crippen LogP contribution in [0.2, 0.25) is 0 Å². The molecule has 0 aromatic heterocycles. The quantitative estimate of drug-likeness (QED) is 0.730. The lowest BCUT2D eigenvalue weighted by molar-refractivity contribution is 0.151. The Morgan fingerprint density at radius 1 is 1.31 bits per heavy atom. The lowest BCUT2D eigenvalue weighted by atomic mass is 10.0. The third-order valence-corrected chi connectivity index (χ3v) is 2.59. The minimum absolute atomic E-state index is 0.169. The van der Waals surface area contributed by atoms with Gasteiger partial charge in [-0.15, -0.1) is 0 Å². The molecule has 70 valence electrons. The Morgan fingerprint density at radius 3 is 2.69 bits per heavy atom. The van der Waals surface area contributed by atoms with Gasteiger partial charge in [0.15, 0.2) is 0 Å². The Morgan fingerprint density at radius 2 is 2.08 bits per heavy atom. The van der Waals surface area contributed by atoms with E-state index < -0.39 is 5.60 Å². The predicted octanol–water partition coefficient (Wildman–Crippen LogP) is 1.20. The van der Waals surface area contributed by atoms with Crippen molar-refractivity contribution in [3.8, 4) is 0 Å². The Balaban J connectivity index is 2.22. The van der Waals surface area contributed by atoms with Gasteiger partial charge in [-0.25, -0.2) is 0 Å². The fourth-order valence-corrected chi connectivity index (χ4v) is 1.55. The molecule has 2 nitrogen and oxygen atoms in total. The topological polar surface area (TPSA) is 40.5 Å². The molecular formula is C11H14O2. The molecule has 0 bridgehead atoms. The van der Waals surface area contributed by atoms with E-state index in [0.29, 0.717) is 6.42 Å². The minimum Gasteiger partial charge on any atom is -0.396 e. The maximum atomic E-state index is 9.83. The smallest absolute Gasteiger partial charge is 0.0899 e. The van der Waals surface area contributed by atoms with E-state index >= 15 is 0 Å². The van der Waals surface area contributed by atoms with Crippen LogP contribution in [0.5, 0.6) is 0 Å². The number of hydrogen-bond donors (Lipinski definition) is 2. The van der Waals surface area contributed by atoms with Crippen LogP contribution in [0.3, 0.4) is 0 Å². The lowest BCUT2D eigenvalue weighted by Gasteiger charge is -2.09. The van der Waals surface area contributed by atoms with Gasteiger partial charge in [-0.1, -0.05) is 24.3 Å². The summed E-state index contributed by atoms with van der Waals surface area (Å²) in [7, 11) is 0. The number of aliphatic hydroxyl groups excluding tert-OH is 1. The van der Waals surface area contributed by atoms with Crippen molar-refractivity contribution in [2.75, 3.05) is 6.61 Å². The molecule has 2 heteroatoms. The Hall–Kier alpha value is -0.860. The second-order valence-electron chi connectivity index (χ2n) is 3.71. The number of aliphatic hydroxyl groups is 2. The normalized spacial score (nSPS) is 18.6. The first kappa shape index (κ1) is 8.73. The summed E-state index contributed by atoms with van der Waals surface area (Å²) in [6.45, 7) is 0.169. The maximum absolute atomic E-state index is 9.83. The standard InChI is InChI=1S/C11H14O2/c12-7-4-9-2-1-3-10(8-9)11(13)5-6-11/h1-3,8,12-13H,4-7H2. The van der Waals surface area contributed by atoms with E-state index in [1.165, 1.54) is 0 Å². The van der Waals surface area contributed by atoms with Crippen LogP contribution in [0.1, 0.15) is 24.0 Å². The molecular weight excluding hydrogens is 164 g/mol. The summed E-state index contributed by atoms with van der Waals surface area (Å²) in [5.41, 5.74) is 1.55. The Labute approximate surface area is 77.8 Å². The van der Waals surface area contributed by atoms with Gasteiger partial charge in [-0.2, -0.15) is 0 Å². The summed E-state index contributed by atoms with van der Waals surface area (Å²) in [6.07, 6.45) is 2.41. The second-order valence-corrected chi connectivity index (χ2v) is 3.71. The summed E-state index contributed by atoms with van der Waals surface area (Å²) in [6, 6.07) is 7.86. The van der Waals surface area contributed by atoms with Crippen LogP contribution in [0.25, 0.3) is 0 Å². The summed E-state index contributed by atoms with van der Waals surface area (Å²) >= 11 is 0. The number of hydrogen-bond acceptors (Lipinski definition) is 2. The molecule has 1 aromatic carbocycles. The molecule has 13 heavy (non-hydrogen) atoms. The molecule has 0 saturated heterocycles. The van der Waals surface area contributed by atoms with Gasteiger partial charge >= 0.3 is 0 Å². The zero-order chi connectivity index (χ0) is 9.31. The molecule has 2 rings (SSSR count). The predicted molar refractivity (Wildman–Crippen MR) is 50.4 cm³/mol. The molecule has 0 atom stereocenters. The van der Waals surface area contributed by atoms with Gasteiger partial charge in [-0.05, 0) is 30.4 Å². The highest BCUT2D eigenvalue weighted by Crippen LogP contribution is 2.45. The first-order valence-corrected chi connectivity index (χ1v) is 4.67. The average Bonchev–Trinajstić information content (AvgIpc) is 2.86. The summed E-state index contributed by atoms with van der Waals surface area (Å²) in [5.74, 6) is 0. The molecule has 1 fully saturated rings. The maximum Gasteiger partial charge on any atom is 0.0899 e. The van der Waals surface area contributed by atoms with Crippen LogP contribution in [0.4, 0.5) is 0 Å². The van der Waals surface area contributed by atoms with Crippen molar-refractivity contribution in [2.24, 2.45) is 0 Å². The van der Waals surface area contributed by atoms with Crippen molar-refractivity contribution in [3.05, 3.63) is 35.4 Å². The molecule has 0 heterocycles. The van der Waals surface area contributed by atoms with E-state index in [1.54, 1.807) is 0 Å². The fraction of sp³-hybridized carbons (Fsp3) is 0.455. The summed E-state index contributed by atoms with van der Waals surface area (Å²) in [4.78, 5) is 0. The van der Waals surface area contributed by atoms with Crippen molar-refractivity contribution < 1.29 is 10.2 Å². The summed E-state index contributed by atoms with van der Waals surface area (Å²) in [5, 5.41) is 18.6. The van der Waals surface area contributed by atoms with E-state index in [9.17, 15) is 5.11 Å².